The van der Waals surface area contributed by atoms with Gasteiger partial charge < -0.3 is 10.4 Å². The van der Waals surface area contributed by atoms with Crippen molar-refractivity contribution in [1.29, 1.82) is 0 Å². The number of allylic oxidation sites excluding steroid dienone is 2. The zero-order valence-corrected chi connectivity index (χ0v) is 26.0. The van der Waals surface area contributed by atoms with Crippen molar-refractivity contribution >= 4 is 46.4 Å². The summed E-state index contributed by atoms with van der Waals surface area (Å²) in [6.07, 6.45) is 2.28. The van der Waals surface area contributed by atoms with E-state index in [0.717, 1.165) is 17.4 Å². The third kappa shape index (κ3) is 4.26. The molecule has 2 aliphatic heterocycles. The van der Waals surface area contributed by atoms with Gasteiger partial charge in [0.05, 0.1) is 34.5 Å². The normalized spacial score (nSPS) is 27.8. The molecule has 0 unspecified atom stereocenters. The van der Waals surface area contributed by atoms with Crippen LogP contribution in [0.1, 0.15) is 31.2 Å². The SMILES string of the molecule is C[C@@]12C(=O)N(c3ccccc3)C(=O)[C@@H]1C[C@@H]1C(=CC[C@@H]3C(=O)N(c4ccc(Nc5ccccc5)cc4)C(=O)[C@@H]31)[C@@H]2c1cccc(F)c1O. The number of aromatic hydroxyl groups is 1. The number of rotatable bonds is 5. The van der Waals surface area contributed by atoms with Crippen LogP contribution >= 0.6 is 0 Å². The molecule has 9 heteroatoms. The van der Waals surface area contributed by atoms with E-state index < -0.39 is 58.4 Å². The fourth-order valence-corrected chi connectivity index (χ4v) is 8.58. The molecule has 4 aliphatic rings. The van der Waals surface area contributed by atoms with Gasteiger partial charge in [-0.05, 0) is 80.3 Å². The number of fused-ring (bicyclic) bond motifs is 4. The third-order valence-corrected chi connectivity index (χ3v) is 10.8. The molecule has 1 saturated carbocycles. The maximum Gasteiger partial charge on any atom is 0.241 e. The highest BCUT2D eigenvalue weighted by atomic mass is 19.1. The van der Waals surface area contributed by atoms with Crippen LogP contribution in [0.25, 0.3) is 0 Å². The number of carbonyl (C=O) groups excluding carboxylic acids is 4. The fourth-order valence-electron chi connectivity index (χ4n) is 8.58. The number of para-hydroxylation sites is 3. The minimum atomic E-state index is -1.37. The van der Waals surface area contributed by atoms with Crippen molar-refractivity contribution in [1.82, 2.24) is 0 Å². The van der Waals surface area contributed by atoms with Gasteiger partial charge >= 0.3 is 0 Å². The first-order chi connectivity index (χ1) is 23.2. The predicted octanol–water partition coefficient (Wildman–Crippen LogP) is 6.71. The maximum atomic E-state index is 14.9. The molecule has 48 heavy (non-hydrogen) atoms. The van der Waals surface area contributed by atoms with Gasteiger partial charge in [0.1, 0.15) is 0 Å². The summed E-state index contributed by atoms with van der Waals surface area (Å²) in [6.45, 7) is 1.71. The number of imide groups is 2. The number of anilines is 4. The van der Waals surface area contributed by atoms with Gasteiger partial charge in [-0.15, -0.1) is 0 Å². The molecule has 2 saturated heterocycles. The summed E-state index contributed by atoms with van der Waals surface area (Å²) in [4.78, 5) is 59.3. The molecule has 2 aliphatic carbocycles. The van der Waals surface area contributed by atoms with E-state index in [1.807, 2.05) is 48.5 Å². The summed E-state index contributed by atoms with van der Waals surface area (Å²) in [7, 11) is 0. The standard InChI is InChI=1S/C39H32FN3O5/c1-39-30(36(46)43(38(39)48)24-11-6-3-7-12-24)21-29-26(33(39)28-13-8-14-31(40)34(28)44)19-20-27-32(29)37(47)42(35(27)45)25-17-15-23(16-18-25)41-22-9-4-2-5-10-22/h2-19,27,29-30,32-33,41,44H,20-21H2,1H3/t27-,29+,30-,32-,33+,39+/m0/s1. The van der Waals surface area contributed by atoms with E-state index in [-0.39, 0.29) is 30.2 Å². The Morgan fingerprint density at radius 1 is 0.729 bits per heavy atom. The van der Waals surface area contributed by atoms with Crippen molar-refractivity contribution in [3.8, 4) is 5.75 Å². The fraction of sp³-hybridized carbons (Fsp3) is 0.231. The van der Waals surface area contributed by atoms with Crippen molar-refractivity contribution in [2.45, 2.75) is 25.7 Å². The number of hydrogen-bond acceptors (Lipinski definition) is 6. The minimum Gasteiger partial charge on any atom is -0.505 e. The quantitative estimate of drug-likeness (QED) is 0.185. The number of nitrogens with zero attached hydrogens (tertiary/aromatic N) is 2. The summed E-state index contributed by atoms with van der Waals surface area (Å²) >= 11 is 0. The Kier molecular flexibility index (Phi) is 6.84. The number of carbonyl (C=O) groups is 4. The average molecular weight is 642 g/mol. The Hall–Kier alpha value is -5.57. The van der Waals surface area contributed by atoms with E-state index in [9.17, 15) is 28.7 Å². The van der Waals surface area contributed by atoms with E-state index in [0.29, 0.717) is 16.9 Å². The number of benzene rings is 4. The lowest BCUT2D eigenvalue weighted by Gasteiger charge is -2.49. The highest BCUT2D eigenvalue weighted by Crippen LogP contribution is 2.64. The van der Waals surface area contributed by atoms with Gasteiger partial charge in [-0.2, -0.15) is 0 Å². The van der Waals surface area contributed by atoms with E-state index in [4.69, 9.17) is 0 Å². The molecule has 3 fully saturated rings. The van der Waals surface area contributed by atoms with Crippen LogP contribution in [-0.4, -0.2) is 28.7 Å². The largest absolute Gasteiger partial charge is 0.505 e. The van der Waals surface area contributed by atoms with Crippen LogP contribution in [0.5, 0.6) is 5.75 Å². The van der Waals surface area contributed by atoms with Gasteiger partial charge in [0, 0.05) is 22.9 Å². The molecule has 4 aromatic carbocycles. The topological polar surface area (TPSA) is 107 Å². The first-order valence-corrected chi connectivity index (χ1v) is 16.1. The summed E-state index contributed by atoms with van der Waals surface area (Å²) in [5.41, 5.74) is 2.05. The number of halogens is 1. The molecule has 0 aromatic heterocycles. The molecule has 4 aromatic rings. The Labute approximate surface area is 276 Å². The molecule has 0 bridgehead atoms. The number of phenols is 1. The van der Waals surface area contributed by atoms with Crippen molar-refractivity contribution in [3.05, 3.63) is 126 Å². The summed E-state index contributed by atoms with van der Waals surface area (Å²) < 4.78 is 14.9. The second-order valence-electron chi connectivity index (χ2n) is 13.2. The molecule has 240 valence electrons. The van der Waals surface area contributed by atoms with Gasteiger partial charge in [-0.3, -0.25) is 24.1 Å². The lowest BCUT2D eigenvalue weighted by Crippen LogP contribution is -2.49. The molecular formula is C39H32FN3O5. The van der Waals surface area contributed by atoms with E-state index in [1.54, 1.807) is 55.5 Å². The Morgan fingerprint density at radius 3 is 2.08 bits per heavy atom. The lowest BCUT2D eigenvalue weighted by molar-refractivity contribution is -0.131. The number of hydrogen-bond donors (Lipinski definition) is 2. The Morgan fingerprint density at radius 2 is 1.38 bits per heavy atom. The van der Waals surface area contributed by atoms with Crippen LogP contribution in [0.15, 0.2) is 115 Å². The smallest absolute Gasteiger partial charge is 0.241 e. The molecule has 0 radical (unpaired) electrons. The third-order valence-electron chi connectivity index (χ3n) is 10.8. The highest BCUT2D eigenvalue weighted by molar-refractivity contribution is 6.25. The molecular weight excluding hydrogens is 609 g/mol. The second kappa shape index (κ2) is 11.0. The van der Waals surface area contributed by atoms with Crippen LogP contribution in [0, 0.1) is 34.9 Å². The zero-order chi connectivity index (χ0) is 33.3. The van der Waals surface area contributed by atoms with Crippen molar-refractivity contribution in [2.75, 3.05) is 15.1 Å². The van der Waals surface area contributed by atoms with Crippen LogP contribution in [0.2, 0.25) is 0 Å². The summed E-state index contributed by atoms with van der Waals surface area (Å²) in [5.74, 6) is -6.77. The molecule has 6 atom stereocenters. The molecule has 8 rings (SSSR count). The minimum absolute atomic E-state index is 0.163. The first-order valence-electron chi connectivity index (χ1n) is 16.1. The molecule has 2 N–H and O–H groups in total. The van der Waals surface area contributed by atoms with E-state index in [2.05, 4.69) is 5.32 Å². The number of amides is 4. The van der Waals surface area contributed by atoms with E-state index >= 15 is 0 Å². The van der Waals surface area contributed by atoms with Crippen molar-refractivity contribution in [3.63, 3.8) is 0 Å². The summed E-state index contributed by atoms with van der Waals surface area (Å²) in [6, 6.07) is 29.5. The zero-order valence-electron chi connectivity index (χ0n) is 26.0. The predicted molar refractivity (Wildman–Crippen MR) is 178 cm³/mol. The van der Waals surface area contributed by atoms with E-state index in [1.165, 1.54) is 15.9 Å². The average Bonchev–Trinajstić information content (AvgIpc) is 3.47. The molecule has 0 spiro atoms. The Bertz CT molecular complexity index is 2010. The maximum absolute atomic E-state index is 14.9. The van der Waals surface area contributed by atoms with Gasteiger partial charge in [0.15, 0.2) is 11.6 Å². The van der Waals surface area contributed by atoms with Crippen molar-refractivity contribution < 1.29 is 28.7 Å². The second-order valence-corrected chi connectivity index (χ2v) is 13.2. The molecule has 4 amide bonds. The van der Waals surface area contributed by atoms with Crippen LogP contribution < -0.4 is 15.1 Å². The van der Waals surface area contributed by atoms with Crippen LogP contribution in [-0.2, 0) is 19.2 Å². The molecule has 2 heterocycles. The van der Waals surface area contributed by atoms with Gasteiger partial charge in [-0.25, -0.2) is 9.29 Å². The monoisotopic (exact) mass is 641 g/mol. The lowest BCUT2D eigenvalue weighted by atomic mass is 9.51. The van der Waals surface area contributed by atoms with Crippen LogP contribution in [0.4, 0.5) is 27.1 Å². The highest BCUT2D eigenvalue weighted by Gasteiger charge is 2.68. The van der Waals surface area contributed by atoms with Crippen molar-refractivity contribution in [2.24, 2.45) is 29.1 Å². The Balaban J connectivity index is 1.18. The molecule has 8 nitrogen and oxygen atoms in total. The van der Waals surface area contributed by atoms with Gasteiger partial charge in [0.25, 0.3) is 0 Å². The number of nitrogens with one attached hydrogen (secondary N) is 1. The van der Waals surface area contributed by atoms with Gasteiger partial charge in [0.2, 0.25) is 23.6 Å². The van der Waals surface area contributed by atoms with Crippen LogP contribution in [0.3, 0.4) is 0 Å². The summed E-state index contributed by atoms with van der Waals surface area (Å²) in [5, 5.41) is 14.4. The number of phenolic OH excluding ortho intramolecular Hbond substituents is 1. The van der Waals surface area contributed by atoms with Gasteiger partial charge in [-0.1, -0.05) is 60.2 Å². The first kappa shape index (κ1) is 29.8.